The number of halogens is 2. The van der Waals surface area contributed by atoms with E-state index in [-0.39, 0.29) is 15.9 Å². The number of nitro benzene ring substituents is 1. The van der Waals surface area contributed by atoms with Crippen LogP contribution in [0.5, 0.6) is 5.75 Å². The van der Waals surface area contributed by atoms with Crippen LogP contribution in [0.4, 0.5) is 5.69 Å². The SMILES string of the molecule is COc1c(Cl)ccc([N+](=O)[O-])c1Br. The summed E-state index contributed by atoms with van der Waals surface area (Å²) >= 11 is 8.77. The van der Waals surface area contributed by atoms with Gasteiger partial charge in [0, 0.05) is 6.07 Å². The first-order chi connectivity index (χ1) is 6.07. The molecule has 0 aromatic heterocycles. The molecular weight excluding hydrogens is 261 g/mol. The van der Waals surface area contributed by atoms with E-state index in [0.29, 0.717) is 5.02 Å². The Morgan fingerprint density at radius 2 is 2.23 bits per heavy atom. The molecule has 0 aliphatic carbocycles. The summed E-state index contributed by atoms with van der Waals surface area (Å²) in [4.78, 5) is 9.97. The smallest absolute Gasteiger partial charge is 0.287 e. The van der Waals surface area contributed by atoms with Gasteiger partial charge in [-0.15, -0.1) is 0 Å². The number of rotatable bonds is 2. The Kier molecular flexibility index (Phi) is 3.11. The first-order valence-corrected chi connectivity index (χ1v) is 4.41. The van der Waals surface area contributed by atoms with Gasteiger partial charge in [0.15, 0.2) is 5.75 Å². The fraction of sp³-hybridized carbons (Fsp3) is 0.143. The van der Waals surface area contributed by atoms with Gasteiger partial charge in [-0.05, 0) is 22.0 Å². The fourth-order valence-electron chi connectivity index (χ4n) is 0.850. The molecule has 0 radical (unpaired) electrons. The molecular formula is C7H5BrClNO3. The average molecular weight is 266 g/mol. The quantitative estimate of drug-likeness (QED) is 0.611. The van der Waals surface area contributed by atoms with Crippen molar-refractivity contribution in [2.75, 3.05) is 7.11 Å². The summed E-state index contributed by atoms with van der Waals surface area (Å²) in [6.07, 6.45) is 0. The van der Waals surface area contributed by atoms with Crippen molar-refractivity contribution in [3.05, 3.63) is 31.7 Å². The number of ether oxygens (including phenoxy) is 1. The third-order valence-corrected chi connectivity index (χ3v) is 2.49. The zero-order valence-corrected chi connectivity index (χ0v) is 8.92. The van der Waals surface area contributed by atoms with Gasteiger partial charge < -0.3 is 4.74 Å². The summed E-state index contributed by atoms with van der Waals surface area (Å²) in [6.45, 7) is 0. The fourth-order valence-corrected chi connectivity index (χ4v) is 1.85. The molecule has 1 rings (SSSR count). The molecule has 0 unspecified atom stereocenters. The van der Waals surface area contributed by atoms with Crippen LogP contribution in [0.2, 0.25) is 5.02 Å². The minimum Gasteiger partial charge on any atom is -0.494 e. The molecule has 1 aromatic rings. The summed E-state index contributed by atoms with van der Waals surface area (Å²) in [6, 6.07) is 2.73. The Balaban J connectivity index is 3.35. The number of benzene rings is 1. The summed E-state index contributed by atoms with van der Waals surface area (Å²) in [5.74, 6) is 0.274. The van der Waals surface area contributed by atoms with Crippen molar-refractivity contribution in [1.29, 1.82) is 0 Å². The zero-order chi connectivity index (χ0) is 10.0. The number of nitrogens with zero attached hydrogens (tertiary/aromatic N) is 1. The minimum absolute atomic E-state index is 0.0683. The molecule has 0 atom stereocenters. The maximum atomic E-state index is 10.5. The van der Waals surface area contributed by atoms with Gasteiger partial charge in [-0.3, -0.25) is 10.1 Å². The lowest BCUT2D eigenvalue weighted by Crippen LogP contribution is -1.92. The molecule has 0 saturated heterocycles. The molecule has 0 N–H and O–H groups in total. The summed E-state index contributed by atoms with van der Waals surface area (Å²) in [7, 11) is 1.40. The Hall–Kier alpha value is -0.810. The lowest BCUT2D eigenvalue weighted by molar-refractivity contribution is -0.385. The van der Waals surface area contributed by atoms with Crippen molar-refractivity contribution < 1.29 is 9.66 Å². The van der Waals surface area contributed by atoms with Crippen LogP contribution in [0.15, 0.2) is 16.6 Å². The van der Waals surface area contributed by atoms with Gasteiger partial charge in [-0.1, -0.05) is 11.6 Å². The van der Waals surface area contributed by atoms with E-state index in [4.69, 9.17) is 16.3 Å². The lowest BCUT2D eigenvalue weighted by atomic mass is 10.3. The first-order valence-electron chi connectivity index (χ1n) is 3.24. The molecule has 4 nitrogen and oxygen atoms in total. The number of nitro groups is 1. The highest BCUT2D eigenvalue weighted by molar-refractivity contribution is 9.10. The van der Waals surface area contributed by atoms with Crippen molar-refractivity contribution in [2.45, 2.75) is 0 Å². The summed E-state index contributed by atoms with van der Waals surface area (Å²) < 4.78 is 5.14. The van der Waals surface area contributed by atoms with Crippen LogP contribution >= 0.6 is 27.5 Å². The maximum Gasteiger partial charge on any atom is 0.287 e. The normalized spacial score (nSPS) is 9.77. The Morgan fingerprint density at radius 1 is 1.62 bits per heavy atom. The molecule has 0 spiro atoms. The molecule has 1 aromatic carbocycles. The van der Waals surface area contributed by atoms with E-state index in [2.05, 4.69) is 15.9 Å². The van der Waals surface area contributed by atoms with Gasteiger partial charge in [-0.25, -0.2) is 0 Å². The molecule has 13 heavy (non-hydrogen) atoms. The van der Waals surface area contributed by atoms with Crippen LogP contribution in [0, 0.1) is 10.1 Å². The third kappa shape index (κ3) is 1.92. The highest BCUT2D eigenvalue weighted by Gasteiger charge is 2.18. The van der Waals surface area contributed by atoms with E-state index in [9.17, 15) is 10.1 Å². The molecule has 0 aliphatic rings. The highest BCUT2D eigenvalue weighted by Crippen LogP contribution is 2.39. The Morgan fingerprint density at radius 3 is 2.69 bits per heavy atom. The maximum absolute atomic E-state index is 10.5. The van der Waals surface area contributed by atoms with Crippen LogP contribution < -0.4 is 4.74 Å². The number of hydrogen-bond donors (Lipinski definition) is 0. The molecule has 0 amide bonds. The average Bonchev–Trinajstić information content (AvgIpc) is 2.04. The number of methoxy groups -OCH3 is 1. The Bertz CT molecular complexity index is 356. The standard InChI is InChI=1S/C7H5BrClNO3/c1-13-7-4(9)2-3-5(6(7)8)10(11)12/h2-3H,1H3. The second-order valence-electron chi connectivity index (χ2n) is 2.17. The molecule has 6 heteroatoms. The van der Waals surface area contributed by atoms with E-state index in [1.165, 1.54) is 19.2 Å². The van der Waals surface area contributed by atoms with E-state index in [1.807, 2.05) is 0 Å². The van der Waals surface area contributed by atoms with E-state index in [1.54, 1.807) is 0 Å². The highest BCUT2D eigenvalue weighted by atomic mass is 79.9. The van der Waals surface area contributed by atoms with Crippen molar-refractivity contribution in [2.24, 2.45) is 0 Å². The Labute approximate surface area is 87.7 Å². The third-order valence-electron chi connectivity index (χ3n) is 1.43. The van der Waals surface area contributed by atoms with Gasteiger partial charge >= 0.3 is 0 Å². The van der Waals surface area contributed by atoms with Gasteiger partial charge in [0.1, 0.15) is 4.47 Å². The molecule has 0 bridgehead atoms. The predicted octanol–water partition coefficient (Wildman–Crippen LogP) is 3.02. The van der Waals surface area contributed by atoms with Crippen LogP contribution in [-0.4, -0.2) is 12.0 Å². The minimum atomic E-state index is -0.511. The van der Waals surface area contributed by atoms with Crippen molar-refractivity contribution >= 4 is 33.2 Å². The second kappa shape index (κ2) is 3.93. The van der Waals surface area contributed by atoms with Crippen LogP contribution in [0.25, 0.3) is 0 Å². The second-order valence-corrected chi connectivity index (χ2v) is 3.37. The molecule has 0 heterocycles. The van der Waals surface area contributed by atoms with E-state index >= 15 is 0 Å². The summed E-state index contributed by atoms with van der Waals surface area (Å²) in [5.41, 5.74) is -0.0683. The van der Waals surface area contributed by atoms with Crippen LogP contribution in [-0.2, 0) is 0 Å². The van der Waals surface area contributed by atoms with Gasteiger partial charge in [0.2, 0.25) is 0 Å². The van der Waals surface area contributed by atoms with Gasteiger partial charge in [0.25, 0.3) is 5.69 Å². The molecule has 0 aliphatic heterocycles. The topological polar surface area (TPSA) is 52.4 Å². The molecule has 70 valence electrons. The van der Waals surface area contributed by atoms with Crippen molar-refractivity contribution in [3.8, 4) is 5.75 Å². The summed E-state index contributed by atoms with van der Waals surface area (Å²) in [5, 5.41) is 10.8. The largest absolute Gasteiger partial charge is 0.494 e. The van der Waals surface area contributed by atoms with E-state index in [0.717, 1.165) is 0 Å². The van der Waals surface area contributed by atoms with Crippen LogP contribution in [0.1, 0.15) is 0 Å². The monoisotopic (exact) mass is 265 g/mol. The predicted molar refractivity (Wildman–Crippen MR) is 52.4 cm³/mol. The van der Waals surface area contributed by atoms with Gasteiger partial charge in [-0.2, -0.15) is 0 Å². The van der Waals surface area contributed by atoms with Crippen LogP contribution in [0.3, 0.4) is 0 Å². The van der Waals surface area contributed by atoms with Crippen molar-refractivity contribution in [3.63, 3.8) is 0 Å². The van der Waals surface area contributed by atoms with E-state index < -0.39 is 4.92 Å². The number of hydrogen-bond acceptors (Lipinski definition) is 3. The lowest BCUT2D eigenvalue weighted by Gasteiger charge is -2.04. The first kappa shape index (κ1) is 10.3. The van der Waals surface area contributed by atoms with Gasteiger partial charge in [0.05, 0.1) is 17.1 Å². The van der Waals surface area contributed by atoms with Crippen molar-refractivity contribution in [1.82, 2.24) is 0 Å². The molecule has 0 fully saturated rings. The molecule has 0 saturated carbocycles. The zero-order valence-electron chi connectivity index (χ0n) is 6.58.